The summed E-state index contributed by atoms with van der Waals surface area (Å²) in [5, 5.41) is 4.95. The van der Waals surface area contributed by atoms with Crippen molar-refractivity contribution in [1.29, 1.82) is 0 Å². The predicted molar refractivity (Wildman–Crippen MR) is 74.3 cm³/mol. The van der Waals surface area contributed by atoms with E-state index in [1.165, 1.54) is 18.0 Å². The van der Waals surface area contributed by atoms with E-state index in [9.17, 15) is 0 Å². The minimum Gasteiger partial charge on any atom is -0.356 e. The quantitative estimate of drug-likeness (QED) is 0.873. The number of aromatic nitrogens is 2. The van der Waals surface area contributed by atoms with Gasteiger partial charge in [0.25, 0.3) is 0 Å². The molecule has 1 N–H and O–H groups in total. The largest absolute Gasteiger partial charge is 0.356 e. The van der Waals surface area contributed by atoms with Gasteiger partial charge in [-0.25, -0.2) is 4.98 Å². The smallest absolute Gasteiger partial charge is 0.203 e. The van der Waals surface area contributed by atoms with Crippen molar-refractivity contribution in [3.63, 3.8) is 0 Å². The van der Waals surface area contributed by atoms with Gasteiger partial charge in [-0.1, -0.05) is 13.8 Å². The summed E-state index contributed by atoms with van der Waals surface area (Å²) in [4.78, 5) is 4.48. The van der Waals surface area contributed by atoms with Gasteiger partial charge in [-0.2, -0.15) is 16.1 Å². The Labute approximate surface area is 107 Å². The Balaban J connectivity index is 2.45. The first-order valence-corrected chi connectivity index (χ1v) is 7.45. The minimum atomic E-state index is 0.0562. The minimum absolute atomic E-state index is 0.0562. The third-order valence-corrected chi connectivity index (χ3v) is 4.02. The van der Waals surface area contributed by atoms with E-state index in [-0.39, 0.29) is 5.54 Å². The van der Waals surface area contributed by atoms with Gasteiger partial charge in [-0.05, 0) is 27.2 Å². The highest BCUT2D eigenvalue weighted by Gasteiger charge is 2.13. The molecule has 1 rings (SSSR count). The van der Waals surface area contributed by atoms with Crippen molar-refractivity contribution in [2.75, 3.05) is 5.32 Å². The van der Waals surface area contributed by atoms with E-state index in [1.54, 1.807) is 0 Å². The first-order chi connectivity index (χ1) is 7.40. The van der Waals surface area contributed by atoms with Crippen LogP contribution < -0.4 is 5.32 Å². The summed E-state index contributed by atoms with van der Waals surface area (Å²) in [5.74, 6) is 1.86. The average molecular weight is 259 g/mol. The molecule has 0 aliphatic heterocycles. The maximum atomic E-state index is 4.48. The molecule has 0 saturated heterocycles. The molecule has 92 valence electrons. The lowest BCUT2D eigenvalue weighted by atomic mass is 10.1. The molecule has 1 aromatic heterocycles. The van der Waals surface area contributed by atoms with Gasteiger partial charge in [-0.3, -0.25) is 0 Å². The molecule has 0 radical (unpaired) electrons. The predicted octanol–water partition coefficient (Wildman–Crippen LogP) is 3.78. The molecule has 0 aromatic carbocycles. The second-order valence-corrected chi connectivity index (χ2v) is 7.10. The molecule has 0 amide bonds. The molecule has 0 spiro atoms. The van der Waals surface area contributed by atoms with Crippen molar-refractivity contribution in [2.45, 2.75) is 57.6 Å². The Morgan fingerprint density at radius 3 is 2.69 bits per heavy atom. The topological polar surface area (TPSA) is 37.8 Å². The molecule has 0 aliphatic carbocycles. The maximum absolute atomic E-state index is 4.48. The van der Waals surface area contributed by atoms with E-state index in [0.717, 1.165) is 16.7 Å². The van der Waals surface area contributed by atoms with Gasteiger partial charge in [0.15, 0.2) is 5.82 Å². The molecule has 0 aliphatic rings. The van der Waals surface area contributed by atoms with E-state index in [0.29, 0.717) is 5.25 Å². The van der Waals surface area contributed by atoms with Gasteiger partial charge in [0, 0.05) is 22.3 Å². The Kier molecular flexibility index (Phi) is 5.05. The van der Waals surface area contributed by atoms with Crippen molar-refractivity contribution < 1.29 is 0 Å². The molecule has 0 bridgehead atoms. The normalized spacial score (nSPS) is 13.8. The molecule has 1 heterocycles. The molecular formula is C11H21N3S2. The standard InChI is InChI=1S/C11H21N3S2/c1-6-8(2)15-7-9-12-10(16-14-9)13-11(3,4)5/h8H,6-7H2,1-5H3,(H,12,13,14). The fourth-order valence-electron chi connectivity index (χ4n) is 1.02. The van der Waals surface area contributed by atoms with E-state index in [2.05, 4.69) is 49.3 Å². The Hall–Kier alpha value is -0.290. The number of hydrogen-bond donors (Lipinski definition) is 1. The first-order valence-electron chi connectivity index (χ1n) is 5.63. The highest BCUT2D eigenvalue weighted by molar-refractivity contribution is 7.99. The van der Waals surface area contributed by atoms with Crippen LogP contribution in [0, 0.1) is 0 Å². The van der Waals surface area contributed by atoms with Crippen LogP contribution in [-0.4, -0.2) is 20.1 Å². The van der Waals surface area contributed by atoms with Crippen molar-refractivity contribution in [3.05, 3.63) is 5.82 Å². The van der Waals surface area contributed by atoms with Crippen molar-refractivity contribution in [2.24, 2.45) is 0 Å². The van der Waals surface area contributed by atoms with E-state index >= 15 is 0 Å². The average Bonchev–Trinajstić information content (AvgIpc) is 2.59. The second-order valence-electron chi connectivity index (χ2n) is 4.92. The van der Waals surface area contributed by atoms with Crippen molar-refractivity contribution in [3.8, 4) is 0 Å². The highest BCUT2D eigenvalue weighted by Crippen LogP contribution is 2.22. The summed E-state index contributed by atoms with van der Waals surface area (Å²) in [7, 11) is 0. The molecule has 1 unspecified atom stereocenters. The summed E-state index contributed by atoms with van der Waals surface area (Å²) >= 11 is 3.36. The number of hydrogen-bond acceptors (Lipinski definition) is 5. The van der Waals surface area contributed by atoms with Crippen LogP contribution in [0.2, 0.25) is 0 Å². The van der Waals surface area contributed by atoms with E-state index in [4.69, 9.17) is 0 Å². The van der Waals surface area contributed by atoms with E-state index < -0.39 is 0 Å². The van der Waals surface area contributed by atoms with Crippen LogP contribution in [0.25, 0.3) is 0 Å². The van der Waals surface area contributed by atoms with Crippen molar-refractivity contribution >= 4 is 28.4 Å². The number of nitrogens with zero attached hydrogens (tertiary/aromatic N) is 2. The lowest BCUT2D eigenvalue weighted by molar-refractivity contribution is 0.633. The molecule has 0 fully saturated rings. The second kappa shape index (κ2) is 5.87. The first kappa shape index (κ1) is 13.8. The van der Waals surface area contributed by atoms with Crippen LogP contribution in [0.5, 0.6) is 0 Å². The zero-order valence-electron chi connectivity index (χ0n) is 10.7. The number of nitrogens with one attached hydrogen (secondary N) is 1. The molecule has 1 atom stereocenters. The molecule has 5 heteroatoms. The monoisotopic (exact) mass is 259 g/mol. The Morgan fingerprint density at radius 2 is 2.12 bits per heavy atom. The van der Waals surface area contributed by atoms with E-state index in [1.807, 2.05) is 11.8 Å². The van der Waals surface area contributed by atoms with Crippen LogP contribution in [0.4, 0.5) is 5.13 Å². The fraction of sp³-hybridized carbons (Fsp3) is 0.818. The zero-order chi connectivity index (χ0) is 12.2. The Bertz CT molecular complexity index is 317. The summed E-state index contributed by atoms with van der Waals surface area (Å²) < 4.78 is 4.35. The highest BCUT2D eigenvalue weighted by atomic mass is 32.2. The molecular weight excluding hydrogens is 238 g/mol. The number of thioether (sulfide) groups is 1. The lowest BCUT2D eigenvalue weighted by Gasteiger charge is -2.18. The van der Waals surface area contributed by atoms with Crippen LogP contribution in [0.3, 0.4) is 0 Å². The van der Waals surface area contributed by atoms with Gasteiger partial charge in [0.2, 0.25) is 5.13 Å². The molecule has 1 aromatic rings. The van der Waals surface area contributed by atoms with Gasteiger partial charge < -0.3 is 5.32 Å². The van der Waals surface area contributed by atoms with Crippen LogP contribution in [0.15, 0.2) is 0 Å². The SMILES string of the molecule is CCC(C)SCc1nsc(NC(C)(C)C)n1. The maximum Gasteiger partial charge on any atom is 0.203 e. The summed E-state index contributed by atoms with van der Waals surface area (Å²) in [5.41, 5.74) is 0.0562. The van der Waals surface area contributed by atoms with Crippen LogP contribution in [0.1, 0.15) is 46.9 Å². The van der Waals surface area contributed by atoms with Gasteiger partial charge in [0.1, 0.15) is 0 Å². The molecule has 16 heavy (non-hydrogen) atoms. The summed E-state index contributed by atoms with van der Waals surface area (Å²) in [6.45, 7) is 10.8. The van der Waals surface area contributed by atoms with Gasteiger partial charge >= 0.3 is 0 Å². The zero-order valence-corrected chi connectivity index (χ0v) is 12.3. The third-order valence-electron chi connectivity index (χ3n) is 2.02. The molecule has 0 saturated carbocycles. The number of rotatable bonds is 5. The molecule has 3 nitrogen and oxygen atoms in total. The van der Waals surface area contributed by atoms with Crippen LogP contribution >= 0.6 is 23.3 Å². The summed E-state index contributed by atoms with van der Waals surface area (Å²) in [6.07, 6.45) is 1.20. The number of anilines is 1. The summed E-state index contributed by atoms with van der Waals surface area (Å²) in [6, 6.07) is 0. The van der Waals surface area contributed by atoms with Gasteiger partial charge in [0.05, 0.1) is 5.75 Å². The van der Waals surface area contributed by atoms with Gasteiger partial charge in [-0.15, -0.1) is 0 Å². The third kappa shape index (κ3) is 5.16. The fourth-order valence-corrected chi connectivity index (χ4v) is 2.69. The van der Waals surface area contributed by atoms with Crippen molar-refractivity contribution in [1.82, 2.24) is 9.36 Å². The van der Waals surface area contributed by atoms with Crippen LogP contribution in [-0.2, 0) is 5.75 Å². The Morgan fingerprint density at radius 1 is 1.44 bits per heavy atom. The lowest BCUT2D eigenvalue weighted by Crippen LogP contribution is -2.25.